The van der Waals surface area contributed by atoms with Crippen LogP contribution in [0, 0.1) is 10.1 Å². The summed E-state index contributed by atoms with van der Waals surface area (Å²) in [5, 5.41) is 29.2. The predicted molar refractivity (Wildman–Crippen MR) is 126 cm³/mol. The van der Waals surface area contributed by atoms with Crippen LogP contribution < -0.4 is 5.32 Å². The minimum absolute atomic E-state index is 0.123. The standard InChI is InChI=1S/C22H13ClN6O3S/c23-14-6-8-18(29(31)32)16(12-14)22(30)24-15-4-1-3-13(11-15)17-7-9-20-25-26-21(28(20)27-17)19-5-2-10-33-19/h1-12H,(H,24,30). The number of aromatic nitrogens is 4. The number of nitrogens with zero attached hydrogens (tertiary/aromatic N) is 5. The van der Waals surface area contributed by atoms with Crippen LogP contribution in [0.15, 0.2) is 72.1 Å². The number of amides is 1. The van der Waals surface area contributed by atoms with Crippen LogP contribution in [-0.4, -0.2) is 30.6 Å². The smallest absolute Gasteiger partial charge is 0.282 e. The third-order valence-corrected chi connectivity index (χ3v) is 5.92. The van der Waals surface area contributed by atoms with Crippen molar-refractivity contribution in [2.45, 2.75) is 0 Å². The first-order valence-corrected chi connectivity index (χ1v) is 10.9. The minimum Gasteiger partial charge on any atom is -0.322 e. The van der Waals surface area contributed by atoms with Gasteiger partial charge in [0.1, 0.15) is 5.56 Å². The van der Waals surface area contributed by atoms with Crippen LogP contribution in [0.5, 0.6) is 0 Å². The molecule has 9 nitrogen and oxygen atoms in total. The normalized spacial score (nSPS) is 10.9. The summed E-state index contributed by atoms with van der Waals surface area (Å²) < 4.78 is 1.67. The van der Waals surface area contributed by atoms with Gasteiger partial charge in [-0.05, 0) is 47.8 Å². The average Bonchev–Trinajstić information content (AvgIpc) is 3.48. The molecule has 1 amide bonds. The molecule has 3 aromatic heterocycles. The van der Waals surface area contributed by atoms with Crippen molar-refractivity contribution < 1.29 is 9.72 Å². The van der Waals surface area contributed by atoms with Crippen molar-refractivity contribution in [3.63, 3.8) is 0 Å². The van der Waals surface area contributed by atoms with Crippen molar-refractivity contribution >= 4 is 45.9 Å². The van der Waals surface area contributed by atoms with E-state index in [1.807, 2.05) is 35.7 Å². The van der Waals surface area contributed by atoms with Crippen LogP contribution in [0.25, 0.3) is 27.6 Å². The van der Waals surface area contributed by atoms with Gasteiger partial charge in [-0.2, -0.15) is 9.61 Å². The maximum atomic E-state index is 12.7. The molecule has 0 bridgehead atoms. The van der Waals surface area contributed by atoms with Crippen LogP contribution in [0.1, 0.15) is 10.4 Å². The number of thiophene rings is 1. The summed E-state index contributed by atoms with van der Waals surface area (Å²) in [6.45, 7) is 0. The lowest BCUT2D eigenvalue weighted by Gasteiger charge is -2.08. The number of carbonyl (C=O) groups is 1. The Labute approximate surface area is 195 Å². The fourth-order valence-electron chi connectivity index (χ4n) is 3.31. The van der Waals surface area contributed by atoms with Crippen LogP contribution in [0.4, 0.5) is 11.4 Å². The van der Waals surface area contributed by atoms with Gasteiger partial charge in [0.25, 0.3) is 11.6 Å². The number of benzene rings is 2. The topological polar surface area (TPSA) is 115 Å². The zero-order valence-electron chi connectivity index (χ0n) is 16.7. The highest BCUT2D eigenvalue weighted by Crippen LogP contribution is 2.27. The van der Waals surface area contributed by atoms with E-state index in [1.54, 1.807) is 34.1 Å². The monoisotopic (exact) mass is 476 g/mol. The third kappa shape index (κ3) is 4.04. The van der Waals surface area contributed by atoms with Gasteiger partial charge in [-0.15, -0.1) is 21.5 Å². The van der Waals surface area contributed by atoms with Crippen molar-refractivity contribution in [3.05, 3.63) is 92.8 Å². The Morgan fingerprint density at radius 1 is 1.06 bits per heavy atom. The molecule has 0 atom stereocenters. The third-order valence-electron chi connectivity index (χ3n) is 4.82. The van der Waals surface area contributed by atoms with E-state index < -0.39 is 10.8 Å². The molecule has 33 heavy (non-hydrogen) atoms. The predicted octanol–water partition coefficient (Wildman–Crippen LogP) is 5.33. The highest BCUT2D eigenvalue weighted by Gasteiger charge is 2.21. The summed E-state index contributed by atoms with van der Waals surface area (Å²) in [6.07, 6.45) is 0. The highest BCUT2D eigenvalue weighted by molar-refractivity contribution is 7.13. The molecule has 3 heterocycles. The second-order valence-electron chi connectivity index (χ2n) is 6.94. The molecular formula is C22H13ClN6O3S. The molecule has 0 aliphatic carbocycles. The van der Waals surface area contributed by atoms with Crippen molar-refractivity contribution in [2.24, 2.45) is 0 Å². The number of rotatable bonds is 5. The largest absolute Gasteiger partial charge is 0.322 e. The summed E-state index contributed by atoms with van der Waals surface area (Å²) in [6, 6.07) is 18.4. The number of hydrogen-bond acceptors (Lipinski definition) is 7. The van der Waals surface area contributed by atoms with Crippen LogP contribution >= 0.6 is 22.9 Å². The van der Waals surface area contributed by atoms with Gasteiger partial charge in [-0.1, -0.05) is 29.8 Å². The van der Waals surface area contributed by atoms with Gasteiger partial charge in [0.05, 0.1) is 15.5 Å². The second kappa shape index (κ2) is 8.41. The van der Waals surface area contributed by atoms with E-state index in [0.29, 0.717) is 22.9 Å². The Kier molecular flexibility index (Phi) is 5.29. The first-order chi connectivity index (χ1) is 16.0. The number of nitrogens with one attached hydrogen (secondary N) is 1. The first kappa shape index (κ1) is 20.7. The average molecular weight is 477 g/mol. The molecule has 0 unspecified atom stereocenters. The van der Waals surface area contributed by atoms with E-state index in [-0.39, 0.29) is 16.3 Å². The van der Waals surface area contributed by atoms with Crippen molar-refractivity contribution in [1.82, 2.24) is 19.8 Å². The van der Waals surface area contributed by atoms with Crippen LogP contribution in [0.2, 0.25) is 5.02 Å². The summed E-state index contributed by atoms with van der Waals surface area (Å²) >= 11 is 7.48. The molecule has 0 saturated heterocycles. The molecule has 5 rings (SSSR count). The van der Waals surface area contributed by atoms with Gasteiger partial charge in [-0.25, -0.2) is 0 Å². The molecule has 0 aliphatic heterocycles. The van der Waals surface area contributed by atoms with Crippen LogP contribution in [0.3, 0.4) is 0 Å². The first-order valence-electron chi connectivity index (χ1n) is 9.62. The number of carbonyl (C=O) groups excluding carboxylic acids is 1. The number of hydrogen-bond donors (Lipinski definition) is 1. The molecule has 5 aromatic rings. The molecule has 0 fully saturated rings. The Morgan fingerprint density at radius 3 is 2.73 bits per heavy atom. The Balaban J connectivity index is 1.47. The fraction of sp³-hybridized carbons (Fsp3) is 0. The minimum atomic E-state index is -0.636. The maximum Gasteiger partial charge on any atom is 0.282 e. The molecule has 0 spiro atoms. The molecule has 2 aromatic carbocycles. The molecule has 0 saturated carbocycles. The number of anilines is 1. The van der Waals surface area contributed by atoms with E-state index in [2.05, 4.69) is 20.6 Å². The highest BCUT2D eigenvalue weighted by atomic mass is 35.5. The van der Waals surface area contributed by atoms with Crippen molar-refractivity contribution in [3.8, 4) is 22.0 Å². The van der Waals surface area contributed by atoms with E-state index in [9.17, 15) is 14.9 Å². The fourth-order valence-corrected chi connectivity index (χ4v) is 4.17. The maximum absolute atomic E-state index is 12.7. The Hall–Kier alpha value is -4.15. The van der Waals surface area contributed by atoms with Gasteiger partial charge < -0.3 is 5.32 Å². The Morgan fingerprint density at radius 2 is 1.94 bits per heavy atom. The second-order valence-corrected chi connectivity index (χ2v) is 8.33. The van der Waals surface area contributed by atoms with Gasteiger partial charge in [0.2, 0.25) is 0 Å². The van der Waals surface area contributed by atoms with E-state index >= 15 is 0 Å². The summed E-state index contributed by atoms with van der Waals surface area (Å²) in [4.78, 5) is 24.4. The zero-order valence-corrected chi connectivity index (χ0v) is 18.2. The van der Waals surface area contributed by atoms with E-state index in [4.69, 9.17) is 11.6 Å². The summed E-state index contributed by atoms with van der Waals surface area (Å²) in [5.41, 5.74) is 2.00. The summed E-state index contributed by atoms with van der Waals surface area (Å²) in [5.74, 6) is 0.00289. The van der Waals surface area contributed by atoms with Crippen molar-refractivity contribution in [1.29, 1.82) is 0 Å². The number of nitro groups is 1. The number of fused-ring (bicyclic) bond motifs is 1. The van der Waals surface area contributed by atoms with Crippen LogP contribution in [-0.2, 0) is 0 Å². The van der Waals surface area contributed by atoms with E-state index in [1.165, 1.54) is 18.2 Å². The number of halogens is 1. The lowest BCUT2D eigenvalue weighted by Crippen LogP contribution is -2.14. The van der Waals surface area contributed by atoms with Gasteiger partial charge in [0.15, 0.2) is 11.5 Å². The quantitative estimate of drug-likeness (QED) is 0.270. The lowest BCUT2D eigenvalue weighted by molar-refractivity contribution is -0.385. The van der Waals surface area contributed by atoms with Gasteiger partial charge in [0, 0.05) is 22.3 Å². The summed E-state index contributed by atoms with van der Waals surface area (Å²) in [7, 11) is 0. The van der Waals surface area contributed by atoms with Gasteiger partial charge in [-0.3, -0.25) is 14.9 Å². The lowest BCUT2D eigenvalue weighted by atomic mass is 10.1. The molecule has 0 aliphatic rings. The molecule has 11 heteroatoms. The SMILES string of the molecule is O=C(Nc1cccc(-c2ccc3nnc(-c4cccs4)n3n2)c1)c1cc(Cl)ccc1[N+](=O)[O-]. The number of nitro benzene ring substituents is 1. The van der Waals surface area contributed by atoms with E-state index in [0.717, 1.165) is 10.4 Å². The van der Waals surface area contributed by atoms with Crippen molar-refractivity contribution in [2.75, 3.05) is 5.32 Å². The van der Waals surface area contributed by atoms with Gasteiger partial charge >= 0.3 is 0 Å². The molecular weight excluding hydrogens is 464 g/mol. The molecule has 1 N–H and O–H groups in total. The molecule has 0 radical (unpaired) electrons. The Bertz CT molecular complexity index is 1520. The molecule has 162 valence electrons. The zero-order chi connectivity index (χ0) is 22.9.